The van der Waals surface area contributed by atoms with E-state index in [9.17, 15) is 13.2 Å². The van der Waals surface area contributed by atoms with Gasteiger partial charge in [0.25, 0.3) is 0 Å². The fraction of sp³-hybridized carbons (Fsp3) is 0.200. The smallest absolute Gasteiger partial charge is 0.298 e. The Labute approximate surface area is 199 Å². The van der Waals surface area contributed by atoms with Crippen LogP contribution in [0.2, 0.25) is 0 Å². The van der Waals surface area contributed by atoms with Gasteiger partial charge in [-0.1, -0.05) is 65.9 Å². The van der Waals surface area contributed by atoms with E-state index < -0.39 is 11.7 Å². The van der Waals surface area contributed by atoms with Gasteiger partial charge in [0.1, 0.15) is 0 Å². The highest BCUT2D eigenvalue weighted by Crippen LogP contribution is 2.39. The number of alkyl halides is 3. The standard InChI is InChI=1S/C25H22F3N3S2/c1-4-12-31-23(21-15-32-17(3)22(21)19-10-8-16(2)9-11-19)29-30-24(31)33-14-18-6-5-7-20(13-18)25(26,27)28/h4-11,13,15H,1,12,14H2,2-3H3. The van der Waals surface area contributed by atoms with Crippen molar-refractivity contribution in [3.05, 3.63) is 88.1 Å². The SMILES string of the molecule is C=CCn1c(SCc2cccc(C(F)(F)F)c2)nnc1-c1csc(C)c1-c1ccc(C)cc1. The van der Waals surface area contributed by atoms with E-state index in [1.54, 1.807) is 23.5 Å². The molecule has 0 saturated heterocycles. The molecule has 2 heterocycles. The molecule has 170 valence electrons. The number of hydrogen-bond acceptors (Lipinski definition) is 4. The van der Waals surface area contributed by atoms with Gasteiger partial charge in [-0.2, -0.15) is 13.2 Å². The number of nitrogens with zero attached hydrogens (tertiary/aromatic N) is 3. The minimum atomic E-state index is -4.36. The molecule has 0 aliphatic carbocycles. The first-order valence-electron chi connectivity index (χ1n) is 10.3. The summed E-state index contributed by atoms with van der Waals surface area (Å²) in [6.07, 6.45) is -2.59. The van der Waals surface area contributed by atoms with Crippen molar-refractivity contribution >= 4 is 23.1 Å². The van der Waals surface area contributed by atoms with Gasteiger partial charge in [-0.15, -0.1) is 28.1 Å². The Balaban J connectivity index is 1.66. The lowest BCUT2D eigenvalue weighted by molar-refractivity contribution is -0.137. The normalized spacial score (nSPS) is 11.7. The van der Waals surface area contributed by atoms with Gasteiger partial charge >= 0.3 is 6.18 Å². The number of allylic oxidation sites excluding steroid dienone is 1. The molecule has 33 heavy (non-hydrogen) atoms. The number of aromatic nitrogens is 3. The molecule has 0 aliphatic rings. The molecular weight excluding hydrogens is 463 g/mol. The molecule has 2 aromatic carbocycles. The maximum Gasteiger partial charge on any atom is 0.416 e. The van der Waals surface area contributed by atoms with Crippen LogP contribution < -0.4 is 0 Å². The van der Waals surface area contributed by atoms with Gasteiger partial charge < -0.3 is 0 Å². The molecule has 0 fully saturated rings. The molecular formula is C25H22F3N3S2. The zero-order valence-corrected chi connectivity index (χ0v) is 19.8. The highest BCUT2D eigenvalue weighted by Gasteiger charge is 2.30. The molecule has 0 amide bonds. The molecule has 0 atom stereocenters. The predicted octanol–water partition coefficient (Wildman–Crippen LogP) is 7.79. The van der Waals surface area contributed by atoms with E-state index in [1.165, 1.54) is 34.3 Å². The molecule has 3 nitrogen and oxygen atoms in total. The van der Waals surface area contributed by atoms with E-state index in [4.69, 9.17) is 0 Å². The van der Waals surface area contributed by atoms with Crippen LogP contribution in [0, 0.1) is 13.8 Å². The third-order valence-corrected chi connectivity index (χ3v) is 7.16. The summed E-state index contributed by atoms with van der Waals surface area (Å²) in [5.41, 5.74) is 4.34. The summed E-state index contributed by atoms with van der Waals surface area (Å²) in [7, 11) is 0. The first-order valence-corrected chi connectivity index (χ1v) is 12.1. The van der Waals surface area contributed by atoms with Gasteiger partial charge in [-0.3, -0.25) is 4.57 Å². The van der Waals surface area contributed by atoms with Crippen LogP contribution in [0.25, 0.3) is 22.5 Å². The number of hydrogen-bond donors (Lipinski definition) is 0. The molecule has 4 rings (SSSR count). The van der Waals surface area contributed by atoms with Crippen molar-refractivity contribution in [3.8, 4) is 22.5 Å². The zero-order chi connectivity index (χ0) is 23.6. The molecule has 4 aromatic rings. The van der Waals surface area contributed by atoms with Gasteiger partial charge in [0, 0.05) is 33.7 Å². The van der Waals surface area contributed by atoms with Crippen molar-refractivity contribution in [2.45, 2.75) is 37.5 Å². The summed E-state index contributed by atoms with van der Waals surface area (Å²) < 4.78 is 41.1. The Bertz CT molecular complexity index is 1270. The third kappa shape index (κ3) is 5.07. The molecule has 8 heteroatoms. The summed E-state index contributed by atoms with van der Waals surface area (Å²) in [4.78, 5) is 1.18. The third-order valence-electron chi connectivity index (χ3n) is 5.21. The van der Waals surface area contributed by atoms with Crippen LogP contribution in [0.1, 0.15) is 21.6 Å². The first kappa shape index (κ1) is 23.3. The van der Waals surface area contributed by atoms with E-state index in [0.717, 1.165) is 28.6 Å². The van der Waals surface area contributed by atoms with Crippen LogP contribution in [0.15, 0.2) is 71.7 Å². The number of thiophene rings is 1. The van der Waals surface area contributed by atoms with Crippen molar-refractivity contribution < 1.29 is 13.2 Å². The van der Waals surface area contributed by atoms with E-state index in [2.05, 4.69) is 60.3 Å². The lowest BCUT2D eigenvalue weighted by Crippen LogP contribution is -2.05. The second-order valence-corrected chi connectivity index (χ2v) is 9.67. The number of halogens is 3. The Morgan fingerprint density at radius 2 is 1.85 bits per heavy atom. The molecule has 0 bridgehead atoms. The van der Waals surface area contributed by atoms with Crippen molar-refractivity contribution in [1.29, 1.82) is 0 Å². The van der Waals surface area contributed by atoms with Gasteiger partial charge in [0.05, 0.1) is 5.56 Å². The van der Waals surface area contributed by atoms with E-state index in [1.807, 2.05) is 4.57 Å². The minimum Gasteiger partial charge on any atom is -0.298 e. The largest absolute Gasteiger partial charge is 0.416 e. The summed E-state index contributed by atoms with van der Waals surface area (Å²) in [5, 5.41) is 11.5. The molecule has 0 saturated carbocycles. The highest BCUT2D eigenvalue weighted by atomic mass is 32.2. The molecule has 2 aromatic heterocycles. The van der Waals surface area contributed by atoms with Crippen molar-refractivity contribution in [2.75, 3.05) is 0 Å². The maximum atomic E-state index is 13.0. The fourth-order valence-corrected chi connectivity index (χ4v) is 5.33. The lowest BCUT2D eigenvalue weighted by atomic mass is 10.0. The van der Waals surface area contributed by atoms with Crippen LogP contribution in [-0.4, -0.2) is 14.8 Å². The predicted molar refractivity (Wildman–Crippen MR) is 129 cm³/mol. The maximum absolute atomic E-state index is 13.0. The topological polar surface area (TPSA) is 30.7 Å². The Kier molecular flexibility index (Phi) is 6.76. The fourth-order valence-electron chi connectivity index (χ4n) is 3.57. The quantitative estimate of drug-likeness (QED) is 0.198. The number of aryl methyl sites for hydroxylation is 2. The molecule has 0 unspecified atom stereocenters. The summed E-state index contributed by atoms with van der Waals surface area (Å²) in [5.74, 6) is 1.08. The molecule has 0 N–H and O–H groups in total. The van der Waals surface area contributed by atoms with Crippen LogP contribution in [0.4, 0.5) is 13.2 Å². The van der Waals surface area contributed by atoms with Crippen molar-refractivity contribution in [3.63, 3.8) is 0 Å². The number of thioether (sulfide) groups is 1. The minimum absolute atomic E-state index is 0.354. The van der Waals surface area contributed by atoms with Crippen LogP contribution >= 0.6 is 23.1 Å². The Hall–Kier alpha value is -2.84. The number of benzene rings is 2. The van der Waals surface area contributed by atoms with Crippen LogP contribution in [-0.2, 0) is 18.5 Å². The van der Waals surface area contributed by atoms with Gasteiger partial charge in [0.15, 0.2) is 11.0 Å². The Morgan fingerprint density at radius 1 is 1.09 bits per heavy atom. The van der Waals surface area contributed by atoms with Crippen LogP contribution in [0.5, 0.6) is 0 Å². The van der Waals surface area contributed by atoms with Crippen molar-refractivity contribution in [2.24, 2.45) is 0 Å². The molecule has 0 aliphatic heterocycles. The second-order valence-electron chi connectivity index (χ2n) is 7.64. The lowest BCUT2D eigenvalue weighted by Gasteiger charge is -2.11. The monoisotopic (exact) mass is 485 g/mol. The van der Waals surface area contributed by atoms with Gasteiger partial charge in [-0.05, 0) is 31.0 Å². The van der Waals surface area contributed by atoms with E-state index in [-0.39, 0.29) is 0 Å². The first-order chi connectivity index (χ1) is 15.8. The average Bonchev–Trinajstić information content (AvgIpc) is 3.36. The summed E-state index contributed by atoms with van der Waals surface area (Å²) in [6, 6.07) is 13.8. The number of rotatable bonds is 7. The van der Waals surface area contributed by atoms with Crippen molar-refractivity contribution in [1.82, 2.24) is 14.8 Å². The molecule has 0 radical (unpaired) electrons. The Morgan fingerprint density at radius 3 is 2.55 bits per heavy atom. The highest BCUT2D eigenvalue weighted by molar-refractivity contribution is 7.98. The zero-order valence-electron chi connectivity index (χ0n) is 18.2. The van der Waals surface area contributed by atoms with Crippen LogP contribution in [0.3, 0.4) is 0 Å². The van der Waals surface area contributed by atoms with E-state index in [0.29, 0.717) is 23.0 Å². The van der Waals surface area contributed by atoms with Gasteiger partial charge in [-0.25, -0.2) is 0 Å². The van der Waals surface area contributed by atoms with E-state index >= 15 is 0 Å². The summed E-state index contributed by atoms with van der Waals surface area (Å²) >= 11 is 3.02. The molecule has 0 spiro atoms. The average molecular weight is 486 g/mol. The van der Waals surface area contributed by atoms with Gasteiger partial charge in [0.2, 0.25) is 0 Å². The summed E-state index contributed by atoms with van der Waals surface area (Å²) in [6.45, 7) is 8.49. The second kappa shape index (κ2) is 9.57.